The van der Waals surface area contributed by atoms with Gasteiger partial charge in [0.05, 0.1) is 11.6 Å². The zero-order valence-electron chi connectivity index (χ0n) is 8.81. The Morgan fingerprint density at radius 1 is 1.38 bits per heavy atom. The summed E-state index contributed by atoms with van der Waals surface area (Å²) in [6.45, 7) is 4.40. The summed E-state index contributed by atoms with van der Waals surface area (Å²) >= 11 is 0. The van der Waals surface area contributed by atoms with Crippen LogP contribution in [0.1, 0.15) is 52.4 Å². The highest BCUT2D eigenvalue weighted by atomic mass is 31.0. The molecule has 0 N–H and O–H groups in total. The number of rotatable bonds is 5. The van der Waals surface area contributed by atoms with Gasteiger partial charge in [-0.15, -0.1) is 0 Å². The fraction of sp³-hybridized carbons (Fsp3) is 0.909. The van der Waals surface area contributed by atoms with E-state index in [1.54, 1.807) is 0 Å². The summed E-state index contributed by atoms with van der Waals surface area (Å²) in [6, 6.07) is 0. The summed E-state index contributed by atoms with van der Waals surface area (Å²) in [4.78, 5) is 0. The second-order valence-corrected chi connectivity index (χ2v) is 4.57. The quantitative estimate of drug-likeness (QED) is 0.486. The van der Waals surface area contributed by atoms with Gasteiger partial charge in [-0.1, -0.05) is 41.5 Å². The first kappa shape index (κ1) is 11.2. The molecule has 0 aromatic heterocycles. The monoisotopic (exact) mass is 200 g/mol. The second-order valence-electron chi connectivity index (χ2n) is 4.07. The van der Waals surface area contributed by atoms with Gasteiger partial charge < -0.3 is 4.74 Å². The maximum atomic E-state index is 5.56. The molecule has 0 saturated carbocycles. The topological polar surface area (TPSA) is 9.23 Å². The molecule has 1 aliphatic rings. The van der Waals surface area contributed by atoms with E-state index in [9.17, 15) is 0 Å². The van der Waals surface area contributed by atoms with Crippen LogP contribution < -0.4 is 0 Å². The second kappa shape index (κ2) is 5.78. The molecule has 0 bridgehead atoms. The minimum absolute atomic E-state index is 0.420. The first-order chi connectivity index (χ1) is 6.24. The van der Waals surface area contributed by atoms with Crippen molar-refractivity contribution in [2.75, 3.05) is 0 Å². The molecule has 76 valence electrons. The van der Waals surface area contributed by atoms with Gasteiger partial charge in [0.25, 0.3) is 0 Å². The van der Waals surface area contributed by atoms with E-state index in [-0.39, 0.29) is 0 Å². The van der Waals surface area contributed by atoms with E-state index in [4.69, 9.17) is 4.74 Å². The van der Waals surface area contributed by atoms with Crippen LogP contribution in [-0.4, -0.2) is 11.6 Å². The highest BCUT2D eigenvalue weighted by Gasteiger charge is 2.25. The fourth-order valence-corrected chi connectivity index (χ4v) is 2.40. The van der Waals surface area contributed by atoms with Crippen molar-refractivity contribution >= 4 is 14.3 Å². The summed E-state index contributed by atoms with van der Waals surface area (Å²) in [7, 11) is 3.56. The van der Waals surface area contributed by atoms with Crippen LogP contribution in [0.5, 0.6) is 0 Å². The number of hydrogen-bond donors (Lipinski definition) is 0. The van der Waals surface area contributed by atoms with E-state index in [2.05, 4.69) is 22.7 Å². The van der Waals surface area contributed by atoms with Crippen molar-refractivity contribution in [2.24, 2.45) is 5.92 Å². The summed E-state index contributed by atoms with van der Waals surface area (Å²) in [5.41, 5.74) is 1.09. The lowest BCUT2D eigenvalue weighted by atomic mass is 9.98. The Kier molecular flexibility index (Phi) is 4.98. The SMILES string of the molecule is CCCCCCC1CC(C)OC1=P. The Bertz CT molecular complexity index is 167. The third-order valence-electron chi connectivity index (χ3n) is 2.72. The largest absolute Gasteiger partial charge is 0.343 e. The van der Waals surface area contributed by atoms with E-state index < -0.39 is 0 Å². The molecule has 1 nitrogen and oxygen atoms in total. The number of unbranched alkanes of at least 4 members (excludes halogenated alkanes) is 3. The van der Waals surface area contributed by atoms with Gasteiger partial charge in [-0.05, 0) is 19.8 Å². The van der Waals surface area contributed by atoms with E-state index in [0.717, 1.165) is 5.48 Å². The molecule has 1 rings (SSSR count). The van der Waals surface area contributed by atoms with Crippen LogP contribution in [0, 0.1) is 5.92 Å². The van der Waals surface area contributed by atoms with Gasteiger partial charge in [0.1, 0.15) is 0 Å². The van der Waals surface area contributed by atoms with Crippen LogP contribution in [0.25, 0.3) is 0 Å². The summed E-state index contributed by atoms with van der Waals surface area (Å²) in [5.74, 6) is 0.670. The van der Waals surface area contributed by atoms with Crippen molar-refractivity contribution in [3.63, 3.8) is 0 Å². The average molecular weight is 200 g/mol. The lowest BCUT2D eigenvalue weighted by Crippen LogP contribution is -2.04. The Morgan fingerprint density at radius 3 is 2.69 bits per heavy atom. The average Bonchev–Trinajstić information content (AvgIpc) is 2.39. The third-order valence-corrected chi connectivity index (χ3v) is 3.25. The van der Waals surface area contributed by atoms with Crippen LogP contribution in [0.2, 0.25) is 0 Å². The van der Waals surface area contributed by atoms with Gasteiger partial charge in [-0.2, -0.15) is 0 Å². The van der Waals surface area contributed by atoms with Gasteiger partial charge in [0.2, 0.25) is 0 Å². The highest BCUT2D eigenvalue weighted by molar-refractivity contribution is 7.20. The summed E-state index contributed by atoms with van der Waals surface area (Å²) in [5, 5.41) is 0. The van der Waals surface area contributed by atoms with Crippen molar-refractivity contribution in [3.05, 3.63) is 0 Å². The first-order valence-electron chi connectivity index (χ1n) is 5.49. The summed E-state index contributed by atoms with van der Waals surface area (Å²) < 4.78 is 5.56. The van der Waals surface area contributed by atoms with Crippen molar-refractivity contribution in [1.29, 1.82) is 0 Å². The van der Waals surface area contributed by atoms with Crippen LogP contribution in [0.3, 0.4) is 0 Å². The Hall–Kier alpha value is 0.130. The molecule has 2 atom stereocenters. The molecule has 1 saturated heterocycles. The van der Waals surface area contributed by atoms with E-state index in [0.29, 0.717) is 12.0 Å². The highest BCUT2D eigenvalue weighted by Crippen LogP contribution is 2.27. The van der Waals surface area contributed by atoms with Crippen molar-refractivity contribution in [2.45, 2.75) is 58.5 Å². The zero-order chi connectivity index (χ0) is 9.68. The lowest BCUT2D eigenvalue weighted by molar-refractivity contribution is 0.244. The van der Waals surface area contributed by atoms with E-state index in [1.165, 1.54) is 38.5 Å². The maximum Gasteiger partial charge on any atom is 0.0749 e. The van der Waals surface area contributed by atoms with Gasteiger partial charge in [-0.3, -0.25) is 0 Å². The van der Waals surface area contributed by atoms with Crippen LogP contribution in [-0.2, 0) is 4.74 Å². The maximum absolute atomic E-state index is 5.56. The summed E-state index contributed by atoms with van der Waals surface area (Å²) in [6.07, 6.45) is 8.34. The molecule has 0 spiro atoms. The number of ether oxygens (including phenoxy) is 1. The normalized spacial score (nSPS) is 28.3. The van der Waals surface area contributed by atoms with Crippen LogP contribution >= 0.6 is 8.86 Å². The van der Waals surface area contributed by atoms with Gasteiger partial charge >= 0.3 is 0 Å². The Morgan fingerprint density at radius 2 is 2.15 bits per heavy atom. The molecule has 0 radical (unpaired) electrons. The van der Waals surface area contributed by atoms with E-state index >= 15 is 0 Å². The van der Waals surface area contributed by atoms with Crippen molar-refractivity contribution < 1.29 is 4.74 Å². The number of hydrogen-bond acceptors (Lipinski definition) is 1. The van der Waals surface area contributed by atoms with Crippen molar-refractivity contribution in [3.8, 4) is 0 Å². The molecule has 0 aliphatic carbocycles. The zero-order valence-corrected chi connectivity index (χ0v) is 9.81. The molecule has 2 heteroatoms. The van der Waals surface area contributed by atoms with Gasteiger partial charge in [-0.25, -0.2) is 0 Å². The molecule has 0 amide bonds. The predicted molar refractivity (Wildman–Crippen MR) is 60.7 cm³/mol. The lowest BCUT2D eigenvalue weighted by Gasteiger charge is -2.07. The van der Waals surface area contributed by atoms with Gasteiger partial charge in [0, 0.05) is 5.92 Å². The molecule has 1 aliphatic heterocycles. The Balaban J connectivity index is 2.11. The first-order valence-corrected chi connectivity index (χ1v) is 5.99. The Labute approximate surface area is 84.1 Å². The molecule has 0 aromatic rings. The fourth-order valence-electron chi connectivity index (χ4n) is 1.94. The standard InChI is InChI=1S/C11H21OP/c1-3-4-5-6-7-10-8-9(2)12-11(10)13/h9-10,13H,3-8H2,1-2H3. The molecular formula is C11H21OP. The van der Waals surface area contributed by atoms with E-state index in [1.807, 2.05) is 0 Å². The molecule has 1 heterocycles. The molecular weight excluding hydrogens is 179 g/mol. The molecule has 13 heavy (non-hydrogen) atoms. The third kappa shape index (κ3) is 3.79. The molecule has 2 unspecified atom stereocenters. The van der Waals surface area contributed by atoms with Crippen molar-refractivity contribution in [1.82, 2.24) is 0 Å². The van der Waals surface area contributed by atoms with Crippen LogP contribution in [0.15, 0.2) is 0 Å². The van der Waals surface area contributed by atoms with Crippen LogP contribution in [0.4, 0.5) is 0 Å². The minimum atomic E-state index is 0.420. The minimum Gasteiger partial charge on any atom is -0.343 e. The van der Waals surface area contributed by atoms with Gasteiger partial charge in [0.15, 0.2) is 0 Å². The predicted octanol–water partition coefficient (Wildman–Crippen LogP) is 3.65. The molecule has 1 fully saturated rings. The smallest absolute Gasteiger partial charge is 0.0749 e. The molecule has 0 aromatic carbocycles.